The van der Waals surface area contributed by atoms with E-state index in [1.54, 1.807) is 6.92 Å². The zero-order valence-electron chi connectivity index (χ0n) is 14.7. The van der Waals surface area contributed by atoms with E-state index in [2.05, 4.69) is 10.0 Å². The first-order valence-corrected chi connectivity index (χ1v) is 10.5. The van der Waals surface area contributed by atoms with Gasteiger partial charge in [0.05, 0.1) is 23.6 Å². The molecule has 0 unspecified atom stereocenters. The van der Waals surface area contributed by atoms with E-state index in [0.29, 0.717) is 30.7 Å². The summed E-state index contributed by atoms with van der Waals surface area (Å²) in [5.74, 6) is -0.0776. The zero-order valence-corrected chi connectivity index (χ0v) is 16.2. The Morgan fingerprint density at radius 2 is 2.00 bits per heavy atom. The molecule has 0 saturated carbocycles. The van der Waals surface area contributed by atoms with Crippen LogP contribution >= 0.6 is 11.6 Å². The van der Waals surface area contributed by atoms with Crippen LogP contribution in [-0.2, 0) is 19.6 Å². The van der Waals surface area contributed by atoms with E-state index >= 15 is 0 Å². The average Bonchev–Trinajstić information content (AvgIpc) is 2.62. The van der Waals surface area contributed by atoms with Crippen molar-refractivity contribution in [2.45, 2.75) is 55.8 Å². The monoisotopic (exact) mass is 404 g/mol. The van der Waals surface area contributed by atoms with Crippen LogP contribution in [0.1, 0.15) is 32.6 Å². The van der Waals surface area contributed by atoms with Gasteiger partial charge in [-0.15, -0.1) is 0 Å². The molecule has 7 nitrogen and oxygen atoms in total. The normalized spacial score (nSPS) is 23.6. The molecule has 1 aliphatic heterocycles. The molecule has 3 N–H and O–H groups in total. The molecule has 0 radical (unpaired) electrons. The number of ether oxygens (including phenoxy) is 1. The van der Waals surface area contributed by atoms with Gasteiger partial charge in [-0.25, -0.2) is 13.1 Å². The van der Waals surface area contributed by atoms with Crippen molar-refractivity contribution in [3.05, 3.63) is 29.3 Å². The fourth-order valence-corrected chi connectivity index (χ4v) is 4.04. The summed E-state index contributed by atoms with van der Waals surface area (Å²) < 4.78 is 32.8. The van der Waals surface area contributed by atoms with E-state index in [4.69, 9.17) is 16.3 Å². The van der Waals surface area contributed by atoms with Crippen LogP contribution in [0.25, 0.3) is 0 Å². The first kappa shape index (κ1) is 21.1. The summed E-state index contributed by atoms with van der Waals surface area (Å²) in [5.41, 5.74) is 0. The molecule has 1 fully saturated rings. The summed E-state index contributed by atoms with van der Waals surface area (Å²) in [6, 6.07) is 5.73. The predicted molar refractivity (Wildman–Crippen MR) is 98.5 cm³/mol. The molecule has 2 rings (SSSR count). The molecule has 146 valence electrons. The van der Waals surface area contributed by atoms with Gasteiger partial charge in [-0.2, -0.15) is 0 Å². The summed E-state index contributed by atoms with van der Waals surface area (Å²) in [6.45, 7) is 1.80. The minimum absolute atomic E-state index is 0.0776. The second kappa shape index (κ2) is 9.66. The third-order valence-corrected chi connectivity index (χ3v) is 6.07. The Labute approximate surface area is 159 Å². The molecule has 0 bridgehead atoms. The van der Waals surface area contributed by atoms with Crippen LogP contribution in [0.4, 0.5) is 0 Å². The number of hydrogen-bond donors (Lipinski definition) is 3. The van der Waals surface area contributed by atoms with Gasteiger partial charge in [0.25, 0.3) is 0 Å². The number of aliphatic hydroxyl groups is 1. The third-order valence-electron chi connectivity index (χ3n) is 4.35. The van der Waals surface area contributed by atoms with E-state index < -0.39 is 16.1 Å². The second-order valence-corrected chi connectivity index (χ2v) is 8.43. The molecule has 3 atom stereocenters. The van der Waals surface area contributed by atoms with Crippen LogP contribution in [-0.4, -0.2) is 50.8 Å². The first-order valence-electron chi connectivity index (χ1n) is 8.66. The minimum atomic E-state index is -3.60. The van der Waals surface area contributed by atoms with Gasteiger partial charge < -0.3 is 15.2 Å². The molecular weight excluding hydrogens is 380 g/mol. The minimum Gasteiger partial charge on any atom is -0.394 e. The van der Waals surface area contributed by atoms with Crippen LogP contribution in [0, 0.1) is 0 Å². The van der Waals surface area contributed by atoms with Crippen molar-refractivity contribution in [1.82, 2.24) is 10.0 Å². The van der Waals surface area contributed by atoms with Gasteiger partial charge in [-0.05, 0) is 43.5 Å². The fourth-order valence-electron chi connectivity index (χ4n) is 2.87. The maximum Gasteiger partial charge on any atom is 0.240 e. The summed E-state index contributed by atoms with van der Waals surface area (Å²) in [4.78, 5) is 11.7. The van der Waals surface area contributed by atoms with E-state index in [1.165, 1.54) is 24.3 Å². The van der Waals surface area contributed by atoms with Crippen LogP contribution in [0.3, 0.4) is 0 Å². The molecule has 26 heavy (non-hydrogen) atoms. The molecule has 1 aromatic rings. The number of aliphatic hydroxyl groups excluding tert-OH is 1. The van der Waals surface area contributed by atoms with Crippen LogP contribution in [0.2, 0.25) is 5.02 Å². The quantitative estimate of drug-likeness (QED) is 0.608. The number of sulfonamides is 1. The summed E-state index contributed by atoms with van der Waals surface area (Å²) >= 11 is 5.77. The summed E-state index contributed by atoms with van der Waals surface area (Å²) in [5, 5.41) is 12.8. The summed E-state index contributed by atoms with van der Waals surface area (Å²) in [7, 11) is -3.60. The van der Waals surface area contributed by atoms with Crippen molar-refractivity contribution in [2.24, 2.45) is 0 Å². The lowest BCUT2D eigenvalue weighted by Crippen LogP contribution is -2.51. The van der Waals surface area contributed by atoms with E-state index in [0.717, 1.165) is 0 Å². The highest BCUT2D eigenvalue weighted by Gasteiger charge is 2.31. The Morgan fingerprint density at radius 1 is 1.31 bits per heavy atom. The molecular formula is C17H25ClN2O5S. The van der Waals surface area contributed by atoms with Gasteiger partial charge in [0.1, 0.15) is 6.10 Å². The van der Waals surface area contributed by atoms with Crippen molar-refractivity contribution < 1.29 is 23.1 Å². The standard InChI is InChI=1S/C17H25ClN2O5S/c1-2-17(22)20-15-8-5-13(25-16(15)11-21)9-10-19-26(23,24)14-6-3-12(18)4-7-14/h3-4,6-7,13,15-16,19,21H,2,5,8-11H2,1H3,(H,20,22)/t13-,15-,16+/m0/s1. The van der Waals surface area contributed by atoms with Crippen molar-refractivity contribution in [2.75, 3.05) is 13.2 Å². The van der Waals surface area contributed by atoms with Crippen LogP contribution < -0.4 is 10.0 Å². The molecule has 1 saturated heterocycles. The van der Waals surface area contributed by atoms with E-state index in [-0.39, 0.29) is 36.1 Å². The number of amides is 1. The lowest BCUT2D eigenvalue weighted by atomic mass is 9.97. The van der Waals surface area contributed by atoms with E-state index in [1.807, 2.05) is 0 Å². The van der Waals surface area contributed by atoms with Gasteiger partial charge in [0.15, 0.2) is 0 Å². The number of carbonyl (C=O) groups is 1. The predicted octanol–water partition coefficient (Wildman–Crippen LogP) is 1.44. The Bertz CT molecular complexity index is 696. The number of rotatable bonds is 8. The SMILES string of the molecule is CCC(=O)N[C@H]1CC[C@@H](CCNS(=O)(=O)c2ccc(Cl)cc2)O[C@@H]1CO. The molecule has 0 aliphatic carbocycles. The largest absolute Gasteiger partial charge is 0.394 e. The maximum atomic E-state index is 12.2. The highest BCUT2D eigenvalue weighted by molar-refractivity contribution is 7.89. The van der Waals surface area contributed by atoms with Gasteiger partial charge >= 0.3 is 0 Å². The fraction of sp³-hybridized carbons (Fsp3) is 0.588. The van der Waals surface area contributed by atoms with Crippen molar-refractivity contribution in [3.63, 3.8) is 0 Å². The zero-order chi connectivity index (χ0) is 19.2. The Morgan fingerprint density at radius 3 is 2.62 bits per heavy atom. The molecule has 9 heteroatoms. The third kappa shape index (κ3) is 5.92. The maximum absolute atomic E-state index is 12.2. The highest BCUT2D eigenvalue weighted by atomic mass is 35.5. The average molecular weight is 405 g/mol. The Kier molecular flexibility index (Phi) is 7.85. The Balaban J connectivity index is 1.83. The number of hydrogen-bond acceptors (Lipinski definition) is 5. The Hall–Kier alpha value is -1.19. The number of halogens is 1. The number of benzene rings is 1. The van der Waals surface area contributed by atoms with Gasteiger partial charge in [-0.3, -0.25) is 4.79 Å². The smallest absolute Gasteiger partial charge is 0.240 e. The molecule has 1 aliphatic rings. The number of nitrogens with one attached hydrogen (secondary N) is 2. The molecule has 0 spiro atoms. The first-order chi connectivity index (χ1) is 12.4. The van der Waals surface area contributed by atoms with E-state index in [9.17, 15) is 18.3 Å². The highest BCUT2D eigenvalue weighted by Crippen LogP contribution is 2.22. The lowest BCUT2D eigenvalue weighted by Gasteiger charge is -2.36. The topological polar surface area (TPSA) is 105 Å². The lowest BCUT2D eigenvalue weighted by molar-refractivity contribution is -0.128. The van der Waals surface area contributed by atoms with Gasteiger partial charge in [-0.1, -0.05) is 18.5 Å². The molecule has 1 heterocycles. The second-order valence-electron chi connectivity index (χ2n) is 6.22. The van der Waals surface area contributed by atoms with Crippen molar-refractivity contribution in [3.8, 4) is 0 Å². The van der Waals surface area contributed by atoms with Crippen LogP contribution in [0.15, 0.2) is 29.2 Å². The summed E-state index contributed by atoms with van der Waals surface area (Å²) in [6.07, 6.45) is 1.59. The molecule has 1 amide bonds. The van der Waals surface area contributed by atoms with Crippen molar-refractivity contribution in [1.29, 1.82) is 0 Å². The van der Waals surface area contributed by atoms with Gasteiger partial charge in [0, 0.05) is 18.0 Å². The number of carbonyl (C=O) groups excluding carboxylic acids is 1. The van der Waals surface area contributed by atoms with Crippen molar-refractivity contribution >= 4 is 27.5 Å². The molecule has 0 aromatic heterocycles. The molecule has 1 aromatic carbocycles. The van der Waals surface area contributed by atoms with Crippen LogP contribution in [0.5, 0.6) is 0 Å². The van der Waals surface area contributed by atoms with Gasteiger partial charge in [0.2, 0.25) is 15.9 Å².